The number of hydrogen-bond acceptors (Lipinski definition) is 6. The molecule has 0 rings (SSSR count). The maximum absolute atomic E-state index is 12.2. The molecule has 0 amide bonds. The maximum atomic E-state index is 12.2. The van der Waals surface area contributed by atoms with Gasteiger partial charge in [-0.2, -0.15) is 0 Å². The molecule has 0 spiro atoms. The first kappa shape index (κ1) is 21.3. The fourth-order valence-electron chi connectivity index (χ4n) is 2.54. The number of carbonyl (C=O) groups is 3. The molecule has 6 nitrogen and oxygen atoms in total. The Kier molecular flexibility index (Phi) is 9.37. The van der Waals surface area contributed by atoms with E-state index < -0.39 is 29.6 Å². The lowest BCUT2D eigenvalue weighted by molar-refractivity contribution is -0.189. The van der Waals surface area contributed by atoms with Crippen molar-refractivity contribution in [3.8, 4) is 0 Å². The summed E-state index contributed by atoms with van der Waals surface area (Å²) in [5, 5.41) is 0. The van der Waals surface area contributed by atoms with E-state index in [0.29, 0.717) is 19.3 Å². The quantitative estimate of drug-likeness (QED) is 0.428. The van der Waals surface area contributed by atoms with E-state index in [9.17, 15) is 19.2 Å². The molecule has 0 aromatic heterocycles. The van der Waals surface area contributed by atoms with Crippen LogP contribution in [0.2, 0.25) is 0 Å². The third-order valence-electron chi connectivity index (χ3n) is 3.67. The summed E-state index contributed by atoms with van der Waals surface area (Å²) in [4.78, 5) is 46.2. The van der Waals surface area contributed by atoms with Crippen LogP contribution in [0.25, 0.3) is 0 Å². The summed E-state index contributed by atoms with van der Waals surface area (Å²) in [5.74, 6) is -2.28. The second kappa shape index (κ2) is 10.1. The van der Waals surface area contributed by atoms with E-state index in [2.05, 4.69) is 0 Å². The highest BCUT2D eigenvalue weighted by Gasteiger charge is 2.45. The van der Waals surface area contributed by atoms with Crippen LogP contribution in [-0.4, -0.2) is 35.7 Å². The van der Waals surface area contributed by atoms with Gasteiger partial charge < -0.3 is 9.47 Å². The normalized spacial score (nSPS) is 15.9. The fourth-order valence-corrected chi connectivity index (χ4v) is 2.54. The van der Waals surface area contributed by atoms with Crippen molar-refractivity contribution in [1.82, 2.24) is 0 Å². The molecule has 6 heteroatoms. The van der Waals surface area contributed by atoms with Crippen molar-refractivity contribution in [2.75, 3.05) is 0 Å². The fraction of sp³-hybridized carbons (Fsp3) is 0.765. The van der Waals surface area contributed by atoms with Crippen LogP contribution in [-0.2, 0) is 28.7 Å². The van der Waals surface area contributed by atoms with Crippen LogP contribution < -0.4 is 0 Å². The highest BCUT2D eigenvalue weighted by molar-refractivity contribution is 5.93. The molecule has 3 atom stereocenters. The Balaban J connectivity index is 5.67. The lowest BCUT2D eigenvalue weighted by atomic mass is 9.82. The van der Waals surface area contributed by atoms with Gasteiger partial charge in [-0.15, -0.1) is 0 Å². The SMILES string of the molecule is CCCC(CC(=O)C(C)[C]=O)(OC(C)=O)C(CC)OC(=O)CC. The first-order valence-electron chi connectivity index (χ1n) is 8.05. The largest absolute Gasteiger partial charge is 0.458 e. The summed E-state index contributed by atoms with van der Waals surface area (Å²) < 4.78 is 10.9. The third kappa shape index (κ3) is 6.50. The Morgan fingerprint density at radius 3 is 2.17 bits per heavy atom. The summed E-state index contributed by atoms with van der Waals surface area (Å²) in [6.45, 7) is 8.03. The molecule has 0 bridgehead atoms. The lowest BCUT2D eigenvalue weighted by Crippen LogP contribution is -2.50. The minimum atomic E-state index is -1.25. The Morgan fingerprint density at radius 1 is 1.17 bits per heavy atom. The lowest BCUT2D eigenvalue weighted by Gasteiger charge is -2.38. The molecule has 0 aromatic carbocycles. The van der Waals surface area contributed by atoms with Gasteiger partial charge in [0, 0.05) is 13.3 Å². The van der Waals surface area contributed by atoms with Crippen molar-refractivity contribution in [1.29, 1.82) is 0 Å². The third-order valence-corrected chi connectivity index (χ3v) is 3.67. The van der Waals surface area contributed by atoms with Crippen molar-refractivity contribution in [2.24, 2.45) is 5.92 Å². The molecule has 0 aromatic rings. The van der Waals surface area contributed by atoms with Gasteiger partial charge in [0.05, 0.1) is 12.3 Å². The first-order valence-corrected chi connectivity index (χ1v) is 8.05. The average Bonchev–Trinajstić information content (AvgIpc) is 2.50. The van der Waals surface area contributed by atoms with E-state index in [1.807, 2.05) is 6.92 Å². The van der Waals surface area contributed by atoms with E-state index in [1.165, 1.54) is 13.8 Å². The summed E-state index contributed by atoms with van der Waals surface area (Å²) in [7, 11) is 0. The van der Waals surface area contributed by atoms with Gasteiger partial charge in [0.1, 0.15) is 11.9 Å². The zero-order valence-electron chi connectivity index (χ0n) is 14.6. The van der Waals surface area contributed by atoms with E-state index in [0.717, 1.165) is 0 Å². The van der Waals surface area contributed by atoms with Crippen LogP contribution >= 0.6 is 0 Å². The first-order chi connectivity index (χ1) is 10.8. The molecule has 0 fully saturated rings. The smallest absolute Gasteiger partial charge is 0.305 e. The number of carbonyl (C=O) groups excluding carboxylic acids is 4. The minimum absolute atomic E-state index is 0.174. The van der Waals surface area contributed by atoms with Crippen LogP contribution in [0.15, 0.2) is 0 Å². The monoisotopic (exact) mass is 327 g/mol. The molecular weight excluding hydrogens is 300 g/mol. The van der Waals surface area contributed by atoms with Crippen LogP contribution in [0.1, 0.15) is 66.7 Å². The summed E-state index contributed by atoms with van der Waals surface area (Å²) >= 11 is 0. The van der Waals surface area contributed by atoms with Gasteiger partial charge >= 0.3 is 11.9 Å². The molecule has 1 radical (unpaired) electrons. The molecule has 23 heavy (non-hydrogen) atoms. The van der Waals surface area contributed by atoms with Crippen LogP contribution in [0.4, 0.5) is 0 Å². The van der Waals surface area contributed by atoms with E-state index in [4.69, 9.17) is 9.47 Å². The number of ether oxygens (including phenoxy) is 2. The van der Waals surface area contributed by atoms with Crippen molar-refractivity contribution in [3.05, 3.63) is 0 Å². The Morgan fingerprint density at radius 2 is 1.78 bits per heavy atom. The molecule has 0 aliphatic heterocycles. The molecule has 3 unspecified atom stereocenters. The van der Waals surface area contributed by atoms with Crippen molar-refractivity contribution >= 4 is 24.0 Å². The Labute approximate surface area is 137 Å². The second-order valence-electron chi connectivity index (χ2n) is 5.63. The van der Waals surface area contributed by atoms with Crippen molar-refractivity contribution in [3.63, 3.8) is 0 Å². The number of rotatable bonds is 11. The van der Waals surface area contributed by atoms with Crippen LogP contribution in [0, 0.1) is 5.92 Å². The topological polar surface area (TPSA) is 86.7 Å². The second-order valence-corrected chi connectivity index (χ2v) is 5.63. The van der Waals surface area contributed by atoms with Crippen LogP contribution in [0.3, 0.4) is 0 Å². The molecule has 0 aliphatic carbocycles. The predicted molar refractivity (Wildman–Crippen MR) is 84.3 cm³/mol. The number of esters is 2. The maximum Gasteiger partial charge on any atom is 0.305 e. The Hall–Kier alpha value is -1.72. The van der Waals surface area contributed by atoms with E-state index >= 15 is 0 Å². The highest BCUT2D eigenvalue weighted by atomic mass is 16.6. The van der Waals surface area contributed by atoms with Gasteiger partial charge in [-0.1, -0.05) is 27.2 Å². The number of Topliss-reactive ketones (excluding diaryl/α,β-unsaturated/α-hetero) is 1. The molecular formula is C17H27O6. The summed E-state index contributed by atoms with van der Waals surface area (Å²) in [5.41, 5.74) is -1.25. The van der Waals surface area contributed by atoms with Gasteiger partial charge in [0.15, 0.2) is 5.60 Å². The van der Waals surface area contributed by atoms with Gasteiger partial charge in [0.25, 0.3) is 0 Å². The van der Waals surface area contributed by atoms with Gasteiger partial charge in [-0.05, 0) is 19.8 Å². The highest BCUT2D eigenvalue weighted by Crippen LogP contribution is 2.33. The average molecular weight is 327 g/mol. The molecule has 0 aliphatic rings. The zero-order valence-corrected chi connectivity index (χ0v) is 14.6. The zero-order chi connectivity index (χ0) is 18.0. The van der Waals surface area contributed by atoms with Crippen LogP contribution in [0.5, 0.6) is 0 Å². The summed E-state index contributed by atoms with van der Waals surface area (Å²) in [6, 6.07) is 0. The molecule has 0 saturated heterocycles. The molecule has 0 N–H and O–H groups in total. The molecule has 131 valence electrons. The minimum Gasteiger partial charge on any atom is -0.458 e. The van der Waals surface area contributed by atoms with Crippen molar-refractivity contribution in [2.45, 2.75) is 78.4 Å². The Bertz CT molecular complexity index is 431. The number of ketones is 1. The van der Waals surface area contributed by atoms with Gasteiger partial charge in [0.2, 0.25) is 6.29 Å². The standard InChI is InChI=1S/C17H27O6/c1-6-9-17(23-13(5)19,10-14(20)12(4)11-18)15(7-2)22-16(21)8-3/h12,15H,6-10H2,1-5H3. The number of hydrogen-bond donors (Lipinski definition) is 0. The van der Waals surface area contributed by atoms with E-state index in [-0.39, 0.29) is 18.6 Å². The predicted octanol–water partition coefficient (Wildman–Crippen LogP) is 2.53. The van der Waals surface area contributed by atoms with Gasteiger partial charge in [-0.3, -0.25) is 19.2 Å². The summed E-state index contributed by atoms with van der Waals surface area (Å²) in [6.07, 6.45) is 2.30. The van der Waals surface area contributed by atoms with Gasteiger partial charge in [-0.25, -0.2) is 0 Å². The van der Waals surface area contributed by atoms with Crippen molar-refractivity contribution < 1.29 is 28.7 Å². The van der Waals surface area contributed by atoms with E-state index in [1.54, 1.807) is 20.1 Å². The molecule has 0 saturated carbocycles. The molecule has 0 heterocycles.